The summed E-state index contributed by atoms with van der Waals surface area (Å²) in [6.07, 6.45) is 8.66. The molecule has 13 heteroatoms. The Bertz CT molecular complexity index is 1380. The van der Waals surface area contributed by atoms with Crippen molar-refractivity contribution in [1.82, 2.24) is 33.7 Å². The van der Waals surface area contributed by atoms with Crippen LogP contribution in [0.25, 0.3) is 21.6 Å². The van der Waals surface area contributed by atoms with Crippen LogP contribution in [0.1, 0.15) is 86.6 Å². The Kier molecular flexibility index (Phi) is 10.1. The average molecular weight is 615 g/mol. The first-order valence-electron chi connectivity index (χ1n) is 15.1. The standard InChI is InChI=1S/C30H46N8O4S/c1-8-12-36(27(39)41-29(2,3)4)13-9-14-37(28(40)42-30(5,6)7)16-20-10-11-21(15-20)38-17-22(26-34-19-35-43-26)23-24(31)32-18-33-25(23)38/h17-21H,8-16H2,1-7H3,(H2,31,32,33)/t20-,21+/m1/s1. The van der Waals surface area contributed by atoms with E-state index in [0.717, 1.165) is 47.3 Å². The lowest BCUT2D eigenvalue weighted by atomic mass is 10.1. The van der Waals surface area contributed by atoms with Crippen molar-refractivity contribution in [2.24, 2.45) is 5.92 Å². The lowest BCUT2D eigenvalue weighted by Gasteiger charge is -2.31. The van der Waals surface area contributed by atoms with Crippen molar-refractivity contribution >= 4 is 40.6 Å². The zero-order valence-corrected chi connectivity index (χ0v) is 27.3. The number of nitrogen functional groups attached to an aromatic ring is 1. The van der Waals surface area contributed by atoms with Gasteiger partial charge in [-0.05, 0) is 91.1 Å². The normalized spacial score (nSPS) is 17.3. The topological polar surface area (TPSA) is 142 Å². The van der Waals surface area contributed by atoms with E-state index in [1.807, 2.05) is 48.5 Å². The van der Waals surface area contributed by atoms with Crippen molar-refractivity contribution in [2.45, 2.75) is 97.8 Å². The summed E-state index contributed by atoms with van der Waals surface area (Å²) in [7, 11) is 0. The molecule has 2 amide bonds. The maximum atomic E-state index is 13.3. The molecule has 4 rings (SSSR count). The van der Waals surface area contributed by atoms with Crippen LogP contribution in [0.5, 0.6) is 0 Å². The monoisotopic (exact) mass is 614 g/mol. The molecule has 43 heavy (non-hydrogen) atoms. The second kappa shape index (κ2) is 13.4. The molecule has 0 spiro atoms. The van der Waals surface area contributed by atoms with E-state index >= 15 is 0 Å². The Balaban J connectivity index is 1.46. The summed E-state index contributed by atoms with van der Waals surface area (Å²) in [6, 6.07) is 0.191. The predicted octanol–water partition coefficient (Wildman–Crippen LogP) is 6.15. The maximum Gasteiger partial charge on any atom is 0.410 e. The van der Waals surface area contributed by atoms with Crippen molar-refractivity contribution in [3.8, 4) is 10.6 Å². The molecule has 3 aromatic heterocycles. The van der Waals surface area contributed by atoms with Crippen LogP contribution < -0.4 is 5.73 Å². The van der Waals surface area contributed by atoms with Gasteiger partial charge in [-0.25, -0.2) is 24.5 Å². The van der Waals surface area contributed by atoms with Gasteiger partial charge in [0.2, 0.25) is 0 Å². The molecule has 3 heterocycles. The summed E-state index contributed by atoms with van der Waals surface area (Å²) in [4.78, 5) is 42.8. The minimum Gasteiger partial charge on any atom is -0.444 e. The molecule has 0 saturated heterocycles. The molecule has 0 aromatic carbocycles. The van der Waals surface area contributed by atoms with Gasteiger partial charge in [0.1, 0.15) is 40.3 Å². The molecule has 1 aliphatic carbocycles. The smallest absolute Gasteiger partial charge is 0.410 e. The Morgan fingerprint density at radius 3 is 2.28 bits per heavy atom. The van der Waals surface area contributed by atoms with Crippen molar-refractivity contribution in [1.29, 1.82) is 0 Å². The molecule has 0 radical (unpaired) electrons. The van der Waals surface area contributed by atoms with Gasteiger partial charge in [-0.2, -0.15) is 4.37 Å². The number of carbonyl (C=O) groups is 2. The molecule has 236 valence electrons. The third-order valence-electron chi connectivity index (χ3n) is 7.27. The van der Waals surface area contributed by atoms with Crippen LogP contribution in [0.2, 0.25) is 0 Å². The van der Waals surface area contributed by atoms with Crippen LogP contribution in [0.4, 0.5) is 15.4 Å². The van der Waals surface area contributed by atoms with E-state index in [-0.39, 0.29) is 24.1 Å². The van der Waals surface area contributed by atoms with Crippen LogP contribution in [-0.2, 0) is 9.47 Å². The number of ether oxygens (including phenoxy) is 2. The van der Waals surface area contributed by atoms with Gasteiger partial charge >= 0.3 is 12.2 Å². The lowest BCUT2D eigenvalue weighted by Crippen LogP contribution is -2.42. The van der Waals surface area contributed by atoms with Crippen LogP contribution >= 0.6 is 11.5 Å². The minimum atomic E-state index is -0.608. The first kappa shape index (κ1) is 32.4. The summed E-state index contributed by atoms with van der Waals surface area (Å²) in [5.74, 6) is 0.694. The van der Waals surface area contributed by atoms with Crippen molar-refractivity contribution < 1.29 is 19.1 Å². The van der Waals surface area contributed by atoms with Crippen molar-refractivity contribution in [3.63, 3.8) is 0 Å². The fraction of sp³-hybridized carbons (Fsp3) is 0.667. The molecule has 3 aromatic rings. The van der Waals surface area contributed by atoms with Crippen LogP contribution in [-0.4, -0.2) is 83.3 Å². The molecular weight excluding hydrogens is 568 g/mol. The Labute approximate surface area is 258 Å². The second-order valence-electron chi connectivity index (χ2n) is 13.2. The van der Waals surface area contributed by atoms with Gasteiger partial charge in [-0.3, -0.25) is 0 Å². The van der Waals surface area contributed by atoms with Crippen LogP contribution in [0, 0.1) is 5.92 Å². The highest BCUT2D eigenvalue weighted by molar-refractivity contribution is 7.09. The Morgan fingerprint density at radius 2 is 1.65 bits per heavy atom. The van der Waals surface area contributed by atoms with Crippen LogP contribution in [0.3, 0.4) is 0 Å². The predicted molar refractivity (Wildman–Crippen MR) is 168 cm³/mol. The van der Waals surface area contributed by atoms with E-state index in [9.17, 15) is 9.59 Å². The number of anilines is 1. The average Bonchev–Trinajstić information content (AvgIpc) is 3.65. The molecule has 0 bridgehead atoms. The number of rotatable bonds is 10. The van der Waals surface area contributed by atoms with Gasteiger partial charge in [-0.15, -0.1) is 0 Å². The number of hydrogen-bond donors (Lipinski definition) is 1. The Hall–Kier alpha value is -3.48. The van der Waals surface area contributed by atoms with Crippen molar-refractivity contribution in [2.75, 3.05) is 31.9 Å². The molecular formula is C30H46N8O4S. The van der Waals surface area contributed by atoms with E-state index in [4.69, 9.17) is 15.2 Å². The fourth-order valence-corrected chi connectivity index (χ4v) is 6.09. The number of carbonyl (C=O) groups excluding carboxylic acids is 2. The van der Waals surface area contributed by atoms with E-state index in [1.54, 1.807) is 9.80 Å². The van der Waals surface area contributed by atoms with Crippen LogP contribution in [0.15, 0.2) is 18.9 Å². The number of amides is 2. The summed E-state index contributed by atoms with van der Waals surface area (Å²) in [5, 5.41) is 1.57. The fourth-order valence-electron chi connectivity index (χ4n) is 5.55. The molecule has 1 aliphatic rings. The van der Waals surface area contributed by atoms with Gasteiger partial charge in [0, 0.05) is 44.0 Å². The Morgan fingerprint density at radius 1 is 0.977 bits per heavy atom. The maximum absolute atomic E-state index is 13.3. The number of aromatic nitrogens is 5. The van der Waals surface area contributed by atoms with E-state index in [1.165, 1.54) is 24.2 Å². The molecule has 0 unspecified atom stereocenters. The van der Waals surface area contributed by atoms with Gasteiger partial charge < -0.3 is 29.6 Å². The van der Waals surface area contributed by atoms with Crippen molar-refractivity contribution in [3.05, 3.63) is 18.9 Å². The SMILES string of the molecule is CCCN(CCCN(C[C@@H]1CC[C@H](n2cc(-c3ncns3)c3c(N)ncnc32)C1)C(=O)OC(C)(C)C)C(=O)OC(C)(C)C. The summed E-state index contributed by atoms with van der Waals surface area (Å²) >= 11 is 1.31. The van der Waals surface area contributed by atoms with Gasteiger partial charge in [0.05, 0.1) is 5.39 Å². The molecule has 2 atom stereocenters. The quantitative estimate of drug-likeness (QED) is 0.285. The third kappa shape index (κ3) is 8.55. The lowest BCUT2D eigenvalue weighted by molar-refractivity contribution is 0.0185. The number of nitrogens with zero attached hydrogens (tertiary/aromatic N) is 7. The summed E-state index contributed by atoms with van der Waals surface area (Å²) in [5.41, 5.74) is 6.78. The first-order chi connectivity index (χ1) is 20.3. The summed E-state index contributed by atoms with van der Waals surface area (Å²) < 4.78 is 17.7. The zero-order chi connectivity index (χ0) is 31.4. The number of nitrogens with two attached hydrogens (primary N) is 1. The number of hydrogen-bond acceptors (Lipinski definition) is 10. The van der Waals surface area contributed by atoms with Gasteiger partial charge in [0.15, 0.2) is 0 Å². The minimum absolute atomic E-state index is 0.191. The highest BCUT2D eigenvalue weighted by Gasteiger charge is 2.32. The molecule has 2 N–H and O–H groups in total. The molecule has 1 fully saturated rings. The van der Waals surface area contributed by atoms with E-state index in [2.05, 4.69) is 30.1 Å². The second-order valence-corrected chi connectivity index (χ2v) is 14.0. The van der Waals surface area contributed by atoms with Gasteiger partial charge in [-0.1, -0.05) is 6.92 Å². The molecule has 12 nitrogen and oxygen atoms in total. The van der Waals surface area contributed by atoms with Gasteiger partial charge in [0.25, 0.3) is 0 Å². The highest BCUT2D eigenvalue weighted by Crippen LogP contribution is 2.41. The first-order valence-corrected chi connectivity index (χ1v) is 15.9. The number of fused-ring (bicyclic) bond motifs is 1. The zero-order valence-electron chi connectivity index (χ0n) is 26.5. The summed E-state index contributed by atoms with van der Waals surface area (Å²) in [6.45, 7) is 15.4. The van der Waals surface area contributed by atoms with E-state index < -0.39 is 11.2 Å². The molecule has 0 aliphatic heterocycles. The van der Waals surface area contributed by atoms with E-state index in [0.29, 0.717) is 38.4 Å². The third-order valence-corrected chi connectivity index (χ3v) is 7.97. The molecule has 1 saturated carbocycles. The highest BCUT2D eigenvalue weighted by atomic mass is 32.1. The largest absolute Gasteiger partial charge is 0.444 e.